The molecule has 0 aromatic heterocycles. The van der Waals surface area contributed by atoms with E-state index in [0.717, 1.165) is 44.2 Å². The minimum Gasteiger partial charge on any atom is -0.481 e. The van der Waals surface area contributed by atoms with Crippen molar-refractivity contribution < 1.29 is 29.1 Å². The number of carbonyl (C=O) groups is 3. The second-order valence-electron chi connectivity index (χ2n) is 14.8. The zero-order valence-electron chi connectivity index (χ0n) is 25.7. The molecule has 0 unspecified atom stereocenters. The van der Waals surface area contributed by atoms with Crippen LogP contribution in [0, 0.1) is 40.4 Å². The smallest absolute Gasteiger partial charge is 0.305 e. The summed E-state index contributed by atoms with van der Waals surface area (Å²) in [5, 5.41) is 16.7. The molecule has 5 rings (SSSR count). The Morgan fingerprint density at radius 1 is 1.07 bits per heavy atom. The molecule has 3 saturated carbocycles. The number of carbonyl (C=O) groups excluding carboxylic acids is 2. The van der Waals surface area contributed by atoms with E-state index in [0.29, 0.717) is 36.6 Å². The molecule has 41 heavy (non-hydrogen) atoms. The molecular formula is C33H50N2O6. The monoisotopic (exact) mass is 570 g/mol. The van der Waals surface area contributed by atoms with E-state index in [1.54, 1.807) is 6.92 Å². The number of nitrogens with zero attached hydrogens (tertiary/aromatic N) is 1. The van der Waals surface area contributed by atoms with Gasteiger partial charge in [0.1, 0.15) is 5.78 Å². The van der Waals surface area contributed by atoms with Gasteiger partial charge in [-0.15, -0.1) is 0 Å². The van der Waals surface area contributed by atoms with Gasteiger partial charge >= 0.3 is 5.97 Å². The van der Waals surface area contributed by atoms with E-state index >= 15 is 0 Å². The van der Waals surface area contributed by atoms with E-state index in [-0.39, 0.29) is 47.2 Å². The molecule has 8 atom stereocenters. The Kier molecular flexibility index (Phi) is 8.45. The first-order valence-electron chi connectivity index (χ1n) is 15.9. The number of hydrogen-bond acceptors (Lipinski definition) is 6. The first kappa shape index (κ1) is 30.2. The summed E-state index contributed by atoms with van der Waals surface area (Å²) in [5.41, 5.74) is 2.35. The van der Waals surface area contributed by atoms with E-state index in [1.165, 1.54) is 24.8 Å². The van der Waals surface area contributed by atoms with Crippen LogP contribution in [0.25, 0.3) is 0 Å². The summed E-state index contributed by atoms with van der Waals surface area (Å²) < 4.78 is 5.78. The Morgan fingerprint density at radius 2 is 1.85 bits per heavy atom. The van der Waals surface area contributed by atoms with Crippen LogP contribution in [-0.4, -0.2) is 53.3 Å². The summed E-state index contributed by atoms with van der Waals surface area (Å²) >= 11 is 0. The van der Waals surface area contributed by atoms with E-state index in [9.17, 15) is 19.5 Å². The van der Waals surface area contributed by atoms with Gasteiger partial charge in [-0.2, -0.15) is 0 Å². The van der Waals surface area contributed by atoms with Gasteiger partial charge < -0.3 is 20.0 Å². The molecule has 1 saturated heterocycles. The maximum absolute atomic E-state index is 12.7. The van der Waals surface area contributed by atoms with E-state index < -0.39 is 12.0 Å². The minimum atomic E-state index is -0.929. The van der Waals surface area contributed by atoms with E-state index in [2.05, 4.69) is 30.4 Å². The van der Waals surface area contributed by atoms with Crippen LogP contribution in [0.15, 0.2) is 16.8 Å². The molecule has 0 spiro atoms. The van der Waals surface area contributed by atoms with Crippen LogP contribution in [0.1, 0.15) is 105 Å². The number of hydrogen-bond donors (Lipinski definition) is 2. The highest BCUT2D eigenvalue weighted by Gasteiger charge is 2.59. The fourth-order valence-corrected chi connectivity index (χ4v) is 9.88. The summed E-state index contributed by atoms with van der Waals surface area (Å²) in [6.07, 6.45) is 12.2. The predicted molar refractivity (Wildman–Crippen MR) is 156 cm³/mol. The van der Waals surface area contributed by atoms with Crippen LogP contribution in [0.2, 0.25) is 0 Å². The van der Waals surface area contributed by atoms with Crippen LogP contribution in [0.3, 0.4) is 0 Å². The van der Waals surface area contributed by atoms with Crippen LogP contribution >= 0.6 is 0 Å². The third-order valence-electron chi connectivity index (χ3n) is 11.9. The highest BCUT2D eigenvalue weighted by Crippen LogP contribution is 2.66. The first-order valence-corrected chi connectivity index (χ1v) is 15.9. The van der Waals surface area contributed by atoms with Gasteiger partial charge in [-0.1, -0.05) is 24.6 Å². The molecule has 2 N–H and O–H groups in total. The standard InChI is InChI=1S/C33H50N2O6/c1-20(36)25-8-9-26-24-7-6-22-16-23(10-13-32(22,4)27(24)11-14-33(25,26)5)35-41-19-29(37)34-28(17-30(38)39)21-12-15-40-31(2,3)18-21/h16,21,24-28H,6-15,17-19H2,1-5H3,(H,34,37)(H,38,39)/b35-23+/t21-,24-,25+,26-,27-,28+,32+,33-/m1/s1. The van der Waals surface area contributed by atoms with Crippen LogP contribution in [0.4, 0.5) is 0 Å². The minimum absolute atomic E-state index is 0.0382. The molecule has 1 amide bonds. The lowest BCUT2D eigenvalue weighted by Crippen LogP contribution is -2.51. The molecule has 5 aliphatic rings. The predicted octanol–water partition coefficient (Wildman–Crippen LogP) is 5.69. The summed E-state index contributed by atoms with van der Waals surface area (Å²) in [4.78, 5) is 42.2. The number of carboxylic acid groups (broad SMARTS) is 1. The van der Waals surface area contributed by atoms with Crippen LogP contribution in [0.5, 0.6) is 0 Å². The number of rotatable bonds is 8. The molecule has 228 valence electrons. The van der Waals surface area contributed by atoms with Crippen molar-refractivity contribution in [1.29, 1.82) is 0 Å². The molecule has 8 heteroatoms. The number of amides is 1. The summed E-state index contributed by atoms with van der Waals surface area (Å²) in [6, 6.07) is -0.463. The lowest BCUT2D eigenvalue weighted by Gasteiger charge is -2.58. The zero-order valence-corrected chi connectivity index (χ0v) is 25.7. The second kappa shape index (κ2) is 11.5. The summed E-state index contributed by atoms with van der Waals surface area (Å²) in [7, 11) is 0. The van der Waals surface area contributed by atoms with Crippen molar-refractivity contribution in [3.05, 3.63) is 11.6 Å². The fourth-order valence-electron chi connectivity index (χ4n) is 9.88. The lowest BCUT2D eigenvalue weighted by atomic mass is 9.46. The van der Waals surface area contributed by atoms with E-state index in [1.807, 2.05) is 13.8 Å². The molecule has 4 aliphatic carbocycles. The zero-order chi connectivity index (χ0) is 29.6. The molecule has 8 nitrogen and oxygen atoms in total. The average molecular weight is 571 g/mol. The Hall–Kier alpha value is -2.22. The van der Waals surface area contributed by atoms with Gasteiger partial charge in [-0.25, -0.2) is 0 Å². The van der Waals surface area contributed by atoms with Gasteiger partial charge in [-0.05, 0) is 126 Å². The van der Waals surface area contributed by atoms with Gasteiger partial charge in [0.05, 0.1) is 17.7 Å². The largest absolute Gasteiger partial charge is 0.481 e. The first-order chi connectivity index (χ1) is 19.3. The van der Waals surface area contributed by atoms with Gasteiger partial charge in [0.25, 0.3) is 5.91 Å². The quantitative estimate of drug-likeness (QED) is 0.362. The van der Waals surface area contributed by atoms with Gasteiger partial charge in [-0.3, -0.25) is 14.4 Å². The second-order valence-corrected chi connectivity index (χ2v) is 14.8. The van der Waals surface area contributed by atoms with Crippen molar-refractivity contribution >= 4 is 23.4 Å². The van der Waals surface area contributed by atoms with E-state index in [4.69, 9.17) is 9.57 Å². The molecule has 0 aromatic rings. The summed E-state index contributed by atoms with van der Waals surface area (Å²) in [5.74, 6) is 1.39. The maximum atomic E-state index is 12.7. The third-order valence-corrected chi connectivity index (χ3v) is 11.9. The van der Waals surface area contributed by atoms with Crippen molar-refractivity contribution in [2.75, 3.05) is 13.2 Å². The number of Topliss-reactive ketones (excluding diaryl/α,β-unsaturated/α-hetero) is 1. The van der Waals surface area contributed by atoms with Crippen LogP contribution in [-0.2, 0) is 24.0 Å². The Balaban J connectivity index is 1.19. The third kappa shape index (κ3) is 6.00. The molecule has 4 fully saturated rings. The van der Waals surface area contributed by atoms with Crippen molar-refractivity contribution in [3.63, 3.8) is 0 Å². The Bertz CT molecular complexity index is 1110. The lowest BCUT2D eigenvalue weighted by molar-refractivity contribution is -0.140. The maximum Gasteiger partial charge on any atom is 0.305 e. The number of nitrogens with one attached hydrogen (secondary N) is 1. The highest BCUT2D eigenvalue weighted by molar-refractivity contribution is 5.96. The number of aliphatic carboxylic acids is 1. The topological polar surface area (TPSA) is 114 Å². The number of ether oxygens (including phenoxy) is 1. The van der Waals surface area contributed by atoms with Gasteiger partial charge in [0.2, 0.25) is 0 Å². The highest BCUT2D eigenvalue weighted by atomic mass is 16.6. The number of allylic oxidation sites excluding steroid dienone is 2. The van der Waals surface area contributed by atoms with Crippen LogP contribution < -0.4 is 5.32 Å². The molecule has 0 radical (unpaired) electrons. The van der Waals surface area contributed by atoms with Crippen molar-refractivity contribution in [1.82, 2.24) is 5.32 Å². The fraction of sp³-hybridized carbons (Fsp3) is 0.818. The Labute approximate surface area is 245 Å². The number of fused-ring (bicyclic) bond motifs is 5. The van der Waals surface area contributed by atoms with Gasteiger partial charge in [0, 0.05) is 18.6 Å². The number of oxime groups is 1. The average Bonchev–Trinajstić information content (AvgIpc) is 3.25. The normalized spacial score (nSPS) is 39.5. The molecule has 0 bridgehead atoms. The SMILES string of the molecule is CC(=O)[C@@H]1CC[C@@H]2[C@H]3CCC4=C/C(=N/OCC(=O)N[C@@H](CC(=O)O)[C@@H]5CCOC(C)(C)C5)CC[C@]4(C)[C@@H]3CC[C@@]21C. The van der Waals surface area contributed by atoms with Crippen molar-refractivity contribution in [2.24, 2.45) is 45.6 Å². The molecule has 1 aliphatic heterocycles. The molecular weight excluding hydrogens is 520 g/mol. The van der Waals surface area contributed by atoms with Crippen molar-refractivity contribution in [3.8, 4) is 0 Å². The molecule has 1 heterocycles. The Morgan fingerprint density at radius 3 is 2.56 bits per heavy atom. The molecule has 0 aromatic carbocycles. The number of carboxylic acids is 1. The van der Waals surface area contributed by atoms with Crippen molar-refractivity contribution in [2.45, 2.75) is 117 Å². The summed E-state index contributed by atoms with van der Waals surface area (Å²) in [6.45, 7) is 11.0. The van der Waals surface area contributed by atoms with Gasteiger partial charge in [0.15, 0.2) is 6.61 Å². The number of ketones is 1.